The van der Waals surface area contributed by atoms with Crippen LogP contribution >= 0.6 is 34.7 Å². The highest BCUT2D eigenvalue weighted by Gasteiger charge is 2.54. The van der Waals surface area contributed by atoms with E-state index < -0.39 is 29.0 Å². The van der Waals surface area contributed by atoms with Gasteiger partial charge >= 0.3 is 5.97 Å². The SMILES string of the molecule is CO/N=C(\C(=O)C[C@@H]1C(=O)N2C(C(=O)O)=C(C[n+]3ccc(CNC(=O)c4ccccc4)cc3)CS[C@H]12)c1nc(N)sc1Cl. The van der Waals surface area contributed by atoms with Gasteiger partial charge in [-0.3, -0.25) is 19.3 Å². The molecule has 222 valence electrons. The number of oxime groups is 1. The average Bonchev–Trinajstić information content (AvgIpc) is 3.34. The molecule has 1 fully saturated rings. The first-order valence-corrected chi connectivity index (χ1v) is 15.2. The number of benzene rings is 1. The van der Waals surface area contributed by atoms with Gasteiger partial charge < -0.3 is 21.0 Å². The number of fused-ring (bicyclic) bond motifs is 1. The average molecular weight is 642 g/mol. The molecule has 4 N–H and O–H groups in total. The number of hydrogen-bond acceptors (Lipinski definition) is 10. The lowest BCUT2D eigenvalue weighted by Gasteiger charge is -2.49. The largest absolute Gasteiger partial charge is 0.477 e. The molecule has 3 aromatic rings. The zero-order valence-electron chi connectivity index (χ0n) is 22.7. The van der Waals surface area contributed by atoms with E-state index in [1.165, 1.54) is 23.8 Å². The summed E-state index contributed by atoms with van der Waals surface area (Å²) in [5.74, 6) is -2.77. The molecule has 43 heavy (non-hydrogen) atoms. The Morgan fingerprint density at radius 3 is 2.58 bits per heavy atom. The number of β-lactam (4-membered cyclic amide) rings is 1. The molecule has 4 heterocycles. The van der Waals surface area contributed by atoms with Gasteiger partial charge in [-0.2, -0.15) is 0 Å². The zero-order valence-corrected chi connectivity index (χ0v) is 25.1. The first-order valence-electron chi connectivity index (χ1n) is 13.0. The number of nitrogens with zero attached hydrogens (tertiary/aromatic N) is 4. The summed E-state index contributed by atoms with van der Waals surface area (Å²) in [6.07, 6.45) is 3.36. The molecule has 12 nitrogen and oxygen atoms in total. The number of amides is 2. The number of thioether (sulfide) groups is 1. The van der Waals surface area contributed by atoms with Gasteiger partial charge in [-0.25, -0.2) is 14.3 Å². The molecule has 0 saturated carbocycles. The van der Waals surface area contributed by atoms with Crippen LogP contribution in [0.25, 0.3) is 0 Å². The topological polar surface area (TPSA) is 168 Å². The lowest BCUT2D eigenvalue weighted by Crippen LogP contribution is -2.62. The number of pyridine rings is 1. The van der Waals surface area contributed by atoms with Gasteiger partial charge in [-0.15, -0.1) is 11.8 Å². The number of rotatable bonds is 11. The van der Waals surface area contributed by atoms with Crippen LogP contribution in [0.15, 0.2) is 71.3 Å². The van der Waals surface area contributed by atoms with Gasteiger partial charge in [-0.1, -0.05) is 46.3 Å². The van der Waals surface area contributed by atoms with E-state index in [1.54, 1.807) is 36.7 Å². The Morgan fingerprint density at radius 2 is 1.95 bits per heavy atom. The molecule has 2 atom stereocenters. The van der Waals surface area contributed by atoms with Crippen LogP contribution in [0.1, 0.15) is 28.0 Å². The van der Waals surface area contributed by atoms with E-state index in [9.17, 15) is 24.3 Å². The minimum atomic E-state index is -1.22. The normalized spacial score (nSPS) is 18.1. The Hall–Kier alpha value is -4.27. The van der Waals surface area contributed by atoms with Crippen molar-refractivity contribution in [1.82, 2.24) is 15.2 Å². The summed E-state index contributed by atoms with van der Waals surface area (Å²) in [7, 11) is 1.27. The van der Waals surface area contributed by atoms with Crippen molar-refractivity contribution in [1.29, 1.82) is 0 Å². The van der Waals surface area contributed by atoms with Crippen molar-refractivity contribution >= 4 is 69.1 Å². The Balaban J connectivity index is 1.25. The van der Waals surface area contributed by atoms with Gasteiger partial charge in [0.25, 0.3) is 5.91 Å². The number of thiazole rings is 1. The molecule has 2 aliphatic rings. The Morgan fingerprint density at radius 1 is 1.23 bits per heavy atom. The second-order valence-corrected chi connectivity index (χ2v) is 12.4. The van der Waals surface area contributed by atoms with Gasteiger partial charge in [-0.05, 0) is 17.7 Å². The fourth-order valence-corrected chi connectivity index (χ4v) is 7.15. The van der Waals surface area contributed by atoms with E-state index in [0.717, 1.165) is 16.9 Å². The fourth-order valence-electron chi connectivity index (χ4n) is 4.82. The summed E-state index contributed by atoms with van der Waals surface area (Å²) in [5.41, 5.74) is 7.55. The number of ketones is 1. The fraction of sp³-hybridized carbons (Fsp3) is 0.250. The minimum Gasteiger partial charge on any atom is -0.477 e. The van der Waals surface area contributed by atoms with E-state index in [2.05, 4.69) is 15.5 Å². The maximum Gasteiger partial charge on any atom is 0.352 e. The second kappa shape index (κ2) is 12.9. The van der Waals surface area contributed by atoms with Crippen molar-refractivity contribution in [2.45, 2.75) is 24.9 Å². The summed E-state index contributed by atoms with van der Waals surface area (Å²) in [5, 5.41) is 16.3. The maximum absolute atomic E-state index is 13.2. The molecule has 0 spiro atoms. The highest BCUT2D eigenvalue weighted by molar-refractivity contribution is 8.00. The summed E-state index contributed by atoms with van der Waals surface area (Å²) in [6, 6.07) is 12.6. The Bertz CT molecular complexity index is 1640. The van der Waals surface area contributed by atoms with Gasteiger partial charge in [0, 0.05) is 42.0 Å². The molecule has 0 bridgehead atoms. The van der Waals surface area contributed by atoms with E-state index in [-0.39, 0.29) is 45.4 Å². The van der Waals surface area contributed by atoms with Gasteiger partial charge in [0.05, 0.1) is 11.3 Å². The lowest BCUT2D eigenvalue weighted by atomic mass is 9.89. The maximum atomic E-state index is 13.2. The van der Waals surface area contributed by atoms with Crippen LogP contribution in [0.3, 0.4) is 0 Å². The number of carboxylic acids is 1. The highest BCUT2D eigenvalue weighted by atomic mass is 35.5. The van der Waals surface area contributed by atoms with Gasteiger partial charge in [0.15, 0.2) is 35.6 Å². The number of carbonyl (C=O) groups is 4. The highest BCUT2D eigenvalue weighted by Crippen LogP contribution is 2.45. The molecule has 0 radical (unpaired) electrons. The van der Waals surface area contributed by atoms with Crippen LogP contribution in [0.5, 0.6) is 0 Å². The van der Waals surface area contributed by atoms with Crippen LogP contribution in [-0.2, 0) is 32.3 Å². The van der Waals surface area contributed by atoms with E-state index in [4.69, 9.17) is 22.2 Å². The van der Waals surface area contributed by atoms with Crippen molar-refractivity contribution in [2.24, 2.45) is 11.1 Å². The molecular formula is C28H26ClN6O6S2+. The Kier molecular flexibility index (Phi) is 9.08. The number of halogens is 1. The van der Waals surface area contributed by atoms with Crippen LogP contribution in [0.4, 0.5) is 5.13 Å². The first-order chi connectivity index (χ1) is 20.7. The summed E-state index contributed by atoms with van der Waals surface area (Å²) >= 11 is 8.53. The number of nitrogen functional groups attached to an aromatic ring is 1. The van der Waals surface area contributed by atoms with Crippen molar-refractivity contribution < 1.29 is 33.7 Å². The van der Waals surface area contributed by atoms with Crippen molar-refractivity contribution in [2.75, 3.05) is 18.6 Å². The minimum absolute atomic E-state index is 0.0750. The number of aromatic nitrogens is 2. The smallest absolute Gasteiger partial charge is 0.352 e. The summed E-state index contributed by atoms with van der Waals surface area (Å²) < 4.78 is 1.97. The van der Waals surface area contributed by atoms with Crippen LogP contribution in [-0.4, -0.2) is 62.5 Å². The molecule has 1 aromatic carbocycles. The zero-order chi connectivity index (χ0) is 30.7. The standard InChI is InChI=1S/C28H25ClN6O6S2/c1-41-33-20(21-23(29)43-28(30)32-21)19(36)11-18-25(38)35-22(27(39)40)17(14-42-26(18)35)13-34-9-7-15(8-10-34)12-31-24(37)16-5-3-2-4-6-16/h2-10,18,26H,11-14H2,1H3,(H3-,30,31,32,37,39,40)/p+1/b33-20+/t18-,26-/m1/s1. The number of carbonyl (C=O) groups excluding carboxylic acids is 3. The third-order valence-electron chi connectivity index (χ3n) is 6.86. The van der Waals surface area contributed by atoms with E-state index in [1.807, 2.05) is 22.8 Å². The molecule has 2 amide bonds. The lowest BCUT2D eigenvalue weighted by molar-refractivity contribution is -0.689. The number of anilines is 1. The third-order valence-corrected chi connectivity index (χ3v) is 9.34. The first kappa shape index (κ1) is 30.2. The molecular weight excluding hydrogens is 616 g/mol. The van der Waals surface area contributed by atoms with Crippen LogP contribution in [0.2, 0.25) is 4.34 Å². The second-order valence-electron chi connectivity index (χ2n) is 9.63. The molecule has 15 heteroatoms. The molecule has 0 aliphatic carbocycles. The summed E-state index contributed by atoms with van der Waals surface area (Å²) in [6.45, 7) is 0.580. The monoisotopic (exact) mass is 641 g/mol. The van der Waals surface area contributed by atoms with E-state index in [0.29, 0.717) is 23.4 Å². The number of hydrogen-bond donors (Lipinski definition) is 3. The number of aliphatic carboxylic acids is 1. The predicted octanol–water partition coefficient (Wildman–Crippen LogP) is 2.48. The molecule has 2 aliphatic heterocycles. The summed E-state index contributed by atoms with van der Waals surface area (Å²) in [4.78, 5) is 61.1. The molecule has 0 unspecified atom stereocenters. The van der Waals surface area contributed by atoms with Crippen molar-refractivity contribution in [3.63, 3.8) is 0 Å². The van der Waals surface area contributed by atoms with Crippen molar-refractivity contribution in [3.05, 3.63) is 87.3 Å². The number of carboxylic acid groups (broad SMARTS) is 1. The number of Topliss-reactive ketones (excluding diaryl/α,β-unsaturated/α-hetero) is 1. The molecule has 1 saturated heterocycles. The predicted molar refractivity (Wildman–Crippen MR) is 160 cm³/mol. The van der Waals surface area contributed by atoms with Gasteiger partial charge in [0.2, 0.25) is 5.91 Å². The number of nitrogens with two attached hydrogens (primary N) is 1. The van der Waals surface area contributed by atoms with Crippen LogP contribution < -0.4 is 15.6 Å². The van der Waals surface area contributed by atoms with Gasteiger partial charge in [0.1, 0.15) is 22.8 Å². The van der Waals surface area contributed by atoms with E-state index >= 15 is 0 Å². The quantitative estimate of drug-likeness (QED) is 0.123. The van der Waals surface area contributed by atoms with Crippen LogP contribution in [0, 0.1) is 5.92 Å². The Labute approximate surface area is 259 Å². The third kappa shape index (κ3) is 6.40. The molecule has 5 rings (SSSR count). The molecule has 2 aromatic heterocycles. The van der Waals surface area contributed by atoms with Crippen molar-refractivity contribution in [3.8, 4) is 0 Å². The number of nitrogens with one attached hydrogen (secondary N) is 1.